The third-order valence-corrected chi connectivity index (χ3v) is 4.99. The van der Waals surface area contributed by atoms with Crippen LogP contribution in [-0.4, -0.2) is 78.6 Å². The molecule has 2 saturated heterocycles. The second-order valence-corrected chi connectivity index (χ2v) is 7.35. The van der Waals surface area contributed by atoms with Crippen molar-refractivity contribution in [3.05, 3.63) is 0 Å². The Bertz CT molecular complexity index is 350. The normalized spacial score (nSPS) is 25.0. The van der Waals surface area contributed by atoms with Gasteiger partial charge in [0.25, 0.3) is 0 Å². The Labute approximate surface area is 129 Å². The molecule has 2 amide bonds. The maximum absolute atomic E-state index is 12.4. The van der Waals surface area contributed by atoms with E-state index in [1.165, 1.54) is 0 Å². The summed E-state index contributed by atoms with van der Waals surface area (Å²) in [5.74, 6) is 0. The van der Waals surface area contributed by atoms with Gasteiger partial charge in [-0.15, -0.1) is 0 Å². The molecule has 1 N–H and O–H groups in total. The third kappa shape index (κ3) is 4.58. The Morgan fingerprint density at radius 2 is 1.86 bits per heavy atom. The summed E-state index contributed by atoms with van der Waals surface area (Å²) in [5.41, 5.74) is 0.0151. The molecule has 0 bridgehead atoms. The molecule has 2 aliphatic rings. The maximum atomic E-state index is 12.4. The molecular weight excluding hydrogens is 264 g/mol. The van der Waals surface area contributed by atoms with Crippen molar-refractivity contribution in [2.45, 2.75) is 51.6 Å². The minimum atomic E-state index is 0.0151. The van der Waals surface area contributed by atoms with Crippen LogP contribution in [0.3, 0.4) is 0 Å². The quantitative estimate of drug-likeness (QED) is 0.856. The number of rotatable bonds is 4. The van der Waals surface area contributed by atoms with Gasteiger partial charge in [-0.05, 0) is 47.1 Å². The van der Waals surface area contributed by atoms with Gasteiger partial charge in [0.2, 0.25) is 0 Å². The number of likely N-dealkylation sites (N-methyl/N-ethyl adjacent to an activating group) is 1. The zero-order chi connectivity index (χ0) is 15.5. The monoisotopic (exact) mass is 296 g/mol. The number of hydrogen-bond acceptors (Lipinski definition) is 3. The van der Waals surface area contributed by atoms with Crippen molar-refractivity contribution in [2.24, 2.45) is 0 Å². The van der Waals surface area contributed by atoms with Gasteiger partial charge in [0.1, 0.15) is 0 Å². The van der Waals surface area contributed by atoms with Gasteiger partial charge in [-0.2, -0.15) is 0 Å². The molecule has 0 aromatic rings. The lowest BCUT2D eigenvalue weighted by Gasteiger charge is -2.34. The number of piperazine rings is 1. The topological polar surface area (TPSA) is 38.8 Å². The highest BCUT2D eigenvalue weighted by Crippen LogP contribution is 2.28. The first-order valence-electron chi connectivity index (χ1n) is 8.37. The summed E-state index contributed by atoms with van der Waals surface area (Å²) in [6.45, 7) is 13.0. The zero-order valence-electron chi connectivity index (χ0n) is 14.2. The fourth-order valence-electron chi connectivity index (χ4n) is 3.29. The molecule has 0 spiro atoms. The molecule has 122 valence electrons. The van der Waals surface area contributed by atoms with Gasteiger partial charge in [-0.25, -0.2) is 4.79 Å². The van der Waals surface area contributed by atoms with Crippen molar-refractivity contribution in [3.63, 3.8) is 0 Å². The smallest absolute Gasteiger partial charge is 0.318 e. The number of carbonyl (C=O) groups excluding carboxylic acids is 1. The van der Waals surface area contributed by atoms with Crippen LogP contribution in [0, 0.1) is 0 Å². The van der Waals surface area contributed by atoms with Crippen molar-refractivity contribution >= 4 is 6.03 Å². The van der Waals surface area contributed by atoms with Crippen molar-refractivity contribution in [2.75, 3.05) is 46.3 Å². The zero-order valence-corrected chi connectivity index (χ0v) is 14.2. The summed E-state index contributed by atoms with van der Waals surface area (Å²) in [6.07, 6.45) is 3.26. The second-order valence-electron chi connectivity index (χ2n) is 7.35. The first-order chi connectivity index (χ1) is 9.88. The van der Waals surface area contributed by atoms with Gasteiger partial charge in [-0.3, -0.25) is 0 Å². The first-order valence-corrected chi connectivity index (χ1v) is 8.37. The molecule has 2 aliphatic heterocycles. The summed E-state index contributed by atoms with van der Waals surface area (Å²) >= 11 is 0. The highest BCUT2D eigenvalue weighted by Gasteiger charge is 2.35. The molecule has 0 radical (unpaired) electrons. The Morgan fingerprint density at radius 3 is 2.43 bits per heavy atom. The predicted octanol–water partition coefficient (Wildman–Crippen LogP) is 1.60. The van der Waals surface area contributed by atoms with Crippen molar-refractivity contribution < 1.29 is 4.79 Å². The summed E-state index contributed by atoms with van der Waals surface area (Å²) < 4.78 is 0. The van der Waals surface area contributed by atoms with E-state index in [4.69, 9.17) is 0 Å². The van der Waals surface area contributed by atoms with Crippen molar-refractivity contribution in [1.82, 2.24) is 20.0 Å². The van der Waals surface area contributed by atoms with Gasteiger partial charge in [-0.1, -0.05) is 0 Å². The van der Waals surface area contributed by atoms with Crippen molar-refractivity contribution in [1.29, 1.82) is 0 Å². The van der Waals surface area contributed by atoms with Crippen LogP contribution in [0.1, 0.15) is 40.0 Å². The van der Waals surface area contributed by atoms with Gasteiger partial charge < -0.3 is 20.0 Å². The molecule has 0 saturated carbocycles. The Hall–Kier alpha value is -0.810. The van der Waals surface area contributed by atoms with Crippen LogP contribution in [0.2, 0.25) is 0 Å². The molecular formula is C16H32N4O. The van der Waals surface area contributed by atoms with Crippen LogP contribution in [0.25, 0.3) is 0 Å². The molecule has 1 atom stereocenters. The lowest BCUT2D eigenvalue weighted by atomic mass is 10.0. The molecule has 2 heterocycles. The number of nitrogens with zero attached hydrogens (tertiary/aromatic N) is 3. The Morgan fingerprint density at radius 1 is 1.19 bits per heavy atom. The number of hydrogen-bond donors (Lipinski definition) is 1. The summed E-state index contributed by atoms with van der Waals surface area (Å²) in [5, 5.41) is 3.18. The Balaban J connectivity index is 1.69. The molecule has 5 heteroatoms. The van der Waals surface area contributed by atoms with E-state index >= 15 is 0 Å². The van der Waals surface area contributed by atoms with E-state index in [2.05, 4.69) is 42.9 Å². The van der Waals surface area contributed by atoms with E-state index < -0.39 is 0 Å². The van der Waals surface area contributed by atoms with Crippen LogP contribution in [0.15, 0.2) is 0 Å². The van der Waals surface area contributed by atoms with E-state index in [0.717, 1.165) is 58.5 Å². The summed E-state index contributed by atoms with van der Waals surface area (Å²) in [6, 6.07) is 0.358. The predicted molar refractivity (Wildman–Crippen MR) is 86.6 cm³/mol. The lowest BCUT2D eigenvalue weighted by Crippen LogP contribution is -2.51. The Kier molecular flexibility index (Phi) is 5.49. The van der Waals surface area contributed by atoms with Crippen LogP contribution in [0.5, 0.6) is 0 Å². The molecule has 2 rings (SSSR count). The van der Waals surface area contributed by atoms with Crippen molar-refractivity contribution in [3.8, 4) is 0 Å². The fourth-order valence-corrected chi connectivity index (χ4v) is 3.29. The highest BCUT2D eigenvalue weighted by molar-refractivity contribution is 5.75. The number of amides is 2. The van der Waals surface area contributed by atoms with E-state index in [1.54, 1.807) is 0 Å². The maximum Gasteiger partial charge on any atom is 0.318 e. The minimum Gasteiger partial charge on any atom is -0.335 e. The number of urea groups is 1. The SMILES string of the molecule is C[C@H](CCN1CCN(C)CC1)NC(=O)N1CCCC1(C)C. The fraction of sp³-hybridized carbons (Fsp3) is 0.938. The van der Waals surface area contributed by atoms with Gasteiger partial charge in [0, 0.05) is 50.8 Å². The van der Waals surface area contributed by atoms with E-state index in [-0.39, 0.29) is 17.6 Å². The van der Waals surface area contributed by atoms with Crippen LogP contribution in [-0.2, 0) is 0 Å². The molecule has 2 fully saturated rings. The average molecular weight is 296 g/mol. The molecule has 5 nitrogen and oxygen atoms in total. The third-order valence-electron chi connectivity index (χ3n) is 4.99. The van der Waals surface area contributed by atoms with Crippen LogP contribution in [0.4, 0.5) is 4.79 Å². The largest absolute Gasteiger partial charge is 0.335 e. The van der Waals surface area contributed by atoms with E-state index in [9.17, 15) is 4.79 Å². The summed E-state index contributed by atoms with van der Waals surface area (Å²) in [4.78, 5) is 19.2. The number of likely N-dealkylation sites (tertiary alicyclic amines) is 1. The molecule has 0 aliphatic carbocycles. The lowest BCUT2D eigenvalue weighted by molar-refractivity contribution is 0.145. The number of carbonyl (C=O) groups is 1. The van der Waals surface area contributed by atoms with Gasteiger partial charge >= 0.3 is 6.03 Å². The average Bonchev–Trinajstić information content (AvgIpc) is 2.78. The van der Waals surface area contributed by atoms with Crippen LogP contribution < -0.4 is 5.32 Å². The van der Waals surface area contributed by atoms with Crippen LogP contribution >= 0.6 is 0 Å². The van der Waals surface area contributed by atoms with E-state index in [0.29, 0.717) is 0 Å². The molecule has 21 heavy (non-hydrogen) atoms. The number of nitrogens with one attached hydrogen (secondary N) is 1. The highest BCUT2D eigenvalue weighted by atomic mass is 16.2. The van der Waals surface area contributed by atoms with Gasteiger partial charge in [0.15, 0.2) is 0 Å². The molecule has 0 unspecified atom stereocenters. The summed E-state index contributed by atoms with van der Waals surface area (Å²) in [7, 11) is 2.18. The molecule has 0 aromatic heterocycles. The van der Waals surface area contributed by atoms with E-state index in [1.807, 2.05) is 4.90 Å². The minimum absolute atomic E-state index is 0.0151. The second kappa shape index (κ2) is 6.97. The standard InChI is InChI=1S/C16H32N4O/c1-14(6-9-19-12-10-18(4)11-13-19)17-15(21)20-8-5-7-16(20,2)3/h14H,5-13H2,1-4H3,(H,17,21)/t14-/m1/s1. The first kappa shape index (κ1) is 16.6. The van der Waals surface area contributed by atoms with Gasteiger partial charge in [0.05, 0.1) is 0 Å². The molecule has 0 aromatic carbocycles.